The molecule has 0 aliphatic rings. The molecule has 100 valence electrons. The molecule has 0 saturated heterocycles. The van der Waals surface area contributed by atoms with Gasteiger partial charge < -0.3 is 4.90 Å². The summed E-state index contributed by atoms with van der Waals surface area (Å²) in [5.41, 5.74) is 0.844. The van der Waals surface area contributed by atoms with Crippen molar-refractivity contribution in [2.45, 2.75) is 39.8 Å². The fraction of sp³-hybridized carbons (Fsp3) is 0.615. The molecule has 1 rings (SSSR count). The molecule has 5 heteroatoms. The Hall–Kier alpha value is -1.49. The molecule has 0 aliphatic carbocycles. The van der Waals surface area contributed by atoms with Crippen LogP contribution < -0.4 is 5.32 Å². The maximum atomic E-state index is 12.1. The van der Waals surface area contributed by atoms with Crippen molar-refractivity contribution in [1.29, 1.82) is 0 Å². The summed E-state index contributed by atoms with van der Waals surface area (Å²) in [6.07, 6.45) is 5.01. The van der Waals surface area contributed by atoms with Gasteiger partial charge in [-0.25, -0.2) is 0 Å². The van der Waals surface area contributed by atoms with E-state index < -0.39 is 0 Å². The van der Waals surface area contributed by atoms with Gasteiger partial charge in [-0.3, -0.25) is 20.1 Å². The molecule has 18 heavy (non-hydrogen) atoms. The first-order valence-corrected chi connectivity index (χ1v) is 6.40. The Labute approximate surface area is 109 Å². The van der Waals surface area contributed by atoms with Crippen molar-refractivity contribution in [1.82, 2.24) is 20.2 Å². The van der Waals surface area contributed by atoms with E-state index in [0.717, 1.165) is 18.8 Å². The Morgan fingerprint density at radius 1 is 1.33 bits per heavy atom. The van der Waals surface area contributed by atoms with Gasteiger partial charge in [-0.1, -0.05) is 0 Å². The van der Waals surface area contributed by atoms with E-state index >= 15 is 0 Å². The SMILES string of the molecule is CCN(CC)C(=O)C(C)NC(C)c1cnccn1. The fourth-order valence-electron chi connectivity index (χ4n) is 1.88. The highest BCUT2D eigenvalue weighted by Crippen LogP contribution is 2.08. The first-order chi connectivity index (χ1) is 8.60. The second kappa shape index (κ2) is 7.06. The van der Waals surface area contributed by atoms with Crippen molar-refractivity contribution in [2.24, 2.45) is 0 Å². The molecule has 0 saturated carbocycles. The Morgan fingerprint density at radius 2 is 2.00 bits per heavy atom. The summed E-state index contributed by atoms with van der Waals surface area (Å²) in [5.74, 6) is 0.121. The maximum absolute atomic E-state index is 12.1. The maximum Gasteiger partial charge on any atom is 0.239 e. The number of hydrogen-bond acceptors (Lipinski definition) is 4. The molecule has 5 nitrogen and oxygen atoms in total. The van der Waals surface area contributed by atoms with E-state index in [4.69, 9.17) is 0 Å². The van der Waals surface area contributed by atoms with Gasteiger partial charge in [-0.15, -0.1) is 0 Å². The number of nitrogens with one attached hydrogen (secondary N) is 1. The quantitative estimate of drug-likeness (QED) is 0.828. The number of carbonyl (C=O) groups is 1. The van der Waals surface area contributed by atoms with E-state index in [1.807, 2.05) is 32.6 Å². The molecule has 1 aromatic rings. The predicted molar refractivity (Wildman–Crippen MR) is 71.0 cm³/mol. The van der Waals surface area contributed by atoms with Crippen LogP contribution in [0, 0.1) is 0 Å². The molecule has 0 aromatic carbocycles. The van der Waals surface area contributed by atoms with Crippen LogP contribution in [0.4, 0.5) is 0 Å². The molecule has 0 aliphatic heterocycles. The summed E-state index contributed by atoms with van der Waals surface area (Å²) >= 11 is 0. The van der Waals surface area contributed by atoms with Gasteiger partial charge in [0.05, 0.1) is 11.7 Å². The predicted octanol–water partition coefficient (Wildman–Crippen LogP) is 1.38. The zero-order valence-electron chi connectivity index (χ0n) is 11.6. The number of rotatable bonds is 6. The third-order valence-electron chi connectivity index (χ3n) is 2.97. The lowest BCUT2D eigenvalue weighted by atomic mass is 10.2. The smallest absolute Gasteiger partial charge is 0.239 e. The molecule has 2 unspecified atom stereocenters. The molecule has 2 atom stereocenters. The summed E-state index contributed by atoms with van der Waals surface area (Å²) in [6, 6.07) is -0.213. The monoisotopic (exact) mass is 250 g/mol. The lowest BCUT2D eigenvalue weighted by Gasteiger charge is -2.25. The summed E-state index contributed by atoms with van der Waals surface area (Å²) in [7, 11) is 0. The van der Waals surface area contributed by atoms with Gasteiger partial charge in [0.25, 0.3) is 0 Å². The number of amides is 1. The number of carbonyl (C=O) groups excluding carboxylic acids is 1. The summed E-state index contributed by atoms with van der Waals surface area (Å²) in [4.78, 5) is 22.2. The van der Waals surface area contributed by atoms with Gasteiger partial charge in [0.1, 0.15) is 0 Å². The zero-order valence-corrected chi connectivity index (χ0v) is 11.6. The number of hydrogen-bond donors (Lipinski definition) is 1. The topological polar surface area (TPSA) is 58.1 Å². The van der Waals surface area contributed by atoms with Crippen LogP contribution in [-0.4, -0.2) is 39.9 Å². The van der Waals surface area contributed by atoms with Gasteiger partial charge in [0, 0.05) is 37.7 Å². The van der Waals surface area contributed by atoms with Crippen molar-refractivity contribution in [2.75, 3.05) is 13.1 Å². The van der Waals surface area contributed by atoms with E-state index in [-0.39, 0.29) is 18.0 Å². The molecule has 0 bridgehead atoms. The molecule has 1 heterocycles. The average molecular weight is 250 g/mol. The van der Waals surface area contributed by atoms with Crippen LogP contribution in [0.25, 0.3) is 0 Å². The van der Waals surface area contributed by atoms with Crippen molar-refractivity contribution in [3.8, 4) is 0 Å². The van der Waals surface area contributed by atoms with Crippen molar-refractivity contribution >= 4 is 5.91 Å². The van der Waals surface area contributed by atoms with E-state index in [2.05, 4.69) is 15.3 Å². The van der Waals surface area contributed by atoms with Crippen LogP contribution in [0.1, 0.15) is 39.4 Å². The largest absolute Gasteiger partial charge is 0.342 e. The van der Waals surface area contributed by atoms with Crippen LogP contribution >= 0.6 is 0 Å². The number of aromatic nitrogens is 2. The Morgan fingerprint density at radius 3 is 2.50 bits per heavy atom. The lowest BCUT2D eigenvalue weighted by molar-refractivity contribution is -0.132. The third kappa shape index (κ3) is 3.77. The molecule has 1 amide bonds. The summed E-state index contributed by atoms with van der Waals surface area (Å²) < 4.78 is 0. The molecular formula is C13H22N4O. The molecule has 1 N–H and O–H groups in total. The number of nitrogens with zero attached hydrogens (tertiary/aromatic N) is 3. The first-order valence-electron chi connectivity index (χ1n) is 6.40. The van der Waals surface area contributed by atoms with Crippen LogP contribution in [0.2, 0.25) is 0 Å². The fourth-order valence-corrected chi connectivity index (χ4v) is 1.88. The Bertz CT molecular complexity index is 365. The molecular weight excluding hydrogens is 228 g/mol. The molecule has 1 aromatic heterocycles. The van der Waals surface area contributed by atoms with Gasteiger partial charge in [-0.05, 0) is 27.7 Å². The standard InChI is InChI=1S/C13H22N4O/c1-5-17(6-2)13(18)11(4)16-10(3)12-9-14-7-8-15-12/h7-11,16H,5-6H2,1-4H3. The van der Waals surface area contributed by atoms with Gasteiger partial charge in [0.15, 0.2) is 0 Å². The minimum absolute atomic E-state index is 0.00760. The summed E-state index contributed by atoms with van der Waals surface area (Å²) in [5, 5.41) is 3.25. The van der Waals surface area contributed by atoms with Gasteiger partial charge >= 0.3 is 0 Å². The second-order valence-corrected chi connectivity index (χ2v) is 4.25. The molecule has 0 fully saturated rings. The summed E-state index contributed by atoms with van der Waals surface area (Å²) in [6.45, 7) is 9.31. The average Bonchev–Trinajstić information content (AvgIpc) is 2.40. The van der Waals surface area contributed by atoms with E-state index in [9.17, 15) is 4.79 Å². The highest BCUT2D eigenvalue weighted by Gasteiger charge is 2.20. The first kappa shape index (κ1) is 14.6. The number of likely N-dealkylation sites (N-methyl/N-ethyl adjacent to an activating group) is 1. The lowest BCUT2D eigenvalue weighted by Crippen LogP contribution is -2.45. The Balaban J connectivity index is 2.59. The van der Waals surface area contributed by atoms with Crippen LogP contribution in [0.3, 0.4) is 0 Å². The van der Waals surface area contributed by atoms with Crippen LogP contribution in [0.15, 0.2) is 18.6 Å². The van der Waals surface area contributed by atoms with Crippen molar-refractivity contribution in [3.05, 3.63) is 24.3 Å². The zero-order chi connectivity index (χ0) is 13.5. The highest BCUT2D eigenvalue weighted by molar-refractivity contribution is 5.81. The minimum Gasteiger partial charge on any atom is -0.342 e. The highest BCUT2D eigenvalue weighted by atomic mass is 16.2. The van der Waals surface area contributed by atoms with Crippen molar-refractivity contribution in [3.63, 3.8) is 0 Å². The van der Waals surface area contributed by atoms with Crippen LogP contribution in [0.5, 0.6) is 0 Å². The molecule has 0 spiro atoms. The van der Waals surface area contributed by atoms with Crippen molar-refractivity contribution < 1.29 is 4.79 Å². The minimum atomic E-state index is -0.220. The second-order valence-electron chi connectivity index (χ2n) is 4.25. The van der Waals surface area contributed by atoms with E-state index in [0.29, 0.717) is 0 Å². The van der Waals surface area contributed by atoms with Gasteiger partial charge in [0.2, 0.25) is 5.91 Å². The van der Waals surface area contributed by atoms with Crippen LogP contribution in [-0.2, 0) is 4.79 Å². The van der Waals surface area contributed by atoms with Gasteiger partial charge in [-0.2, -0.15) is 0 Å². The third-order valence-corrected chi connectivity index (χ3v) is 2.97. The normalized spacial score (nSPS) is 14.0. The van der Waals surface area contributed by atoms with E-state index in [1.54, 1.807) is 18.6 Å². The molecule has 0 radical (unpaired) electrons. The van der Waals surface area contributed by atoms with E-state index in [1.165, 1.54) is 0 Å². The Kier molecular flexibility index (Phi) is 5.71.